The van der Waals surface area contributed by atoms with Gasteiger partial charge in [-0.25, -0.2) is 0 Å². The first-order chi connectivity index (χ1) is 26.1. The molecular weight excluding hydrogens is 807 g/mol. The molecule has 0 atom stereocenters. The van der Waals surface area contributed by atoms with E-state index in [0.717, 1.165) is 34.5 Å². The first-order valence-corrected chi connectivity index (χ1v) is 17.0. The van der Waals surface area contributed by atoms with Crippen LogP contribution in [0.25, 0.3) is 60.6 Å². The Labute approximate surface area is 321 Å². The second-order valence-electron chi connectivity index (χ2n) is 13.2. The van der Waals surface area contributed by atoms with Crippen molar-refractivity contribution in [1.29, 1.82) is 0 Å². The number of hydrogen-bond donors (Lipinski definition) is 0. The van der Waals surface area contributed by atoms with Gasteiger partial charge in [0.05, 0.1) is 16.9 Å². The fraction of sp³-hybridized carbons (Fsp3) is 0.156. The number of benzene rings is 5. The summed E-state index contributed by atoms with van der Waals surface area (Å²) in [6.45, 7) is 2.52. The van der Waals surface area contributed by atoms with Crippen LogP contribution in [0.15, 0.2) is 134 Å². The second kappa shape index (κ2) is 15.1. The van der Waals surface area contributed by atoms with E-state index in [-0.39, 0.29) is 36.6 Å². The molecule has 0 unspecified atom stereocenters. The number of fused-ring (bicyclic) bond motifs is 2. The second-order valence-corrected chi connectivity index (χ2v) is 14.1. The van der Waals surface area contributed by atoms with Crippen LogP contribution in [0, 0.1) is 30.6 Å². The number of imidazole rings is 1. The van der Waals surface area contributed by atoms with E-state index >= 15 is 0 Å². The quantitative estimate of drug-likeness (QED) is 0.162. The summed E-state index contributed by atoms with van der Waals surface area (Å²) in [5, 5.41) is 4.82. The van der Waals surface area contributed by atoms with Crippen molar-refractivity contribution < 1.29 is 28.3 Å². The zero-order valence-electron chi connectivity index (χ0n) is 34.0. The molecule has 0 saturated heterocycles. The van der Waals surface area contributed by atoms with Crippen molar-refractivity contribution in [2.24, 2.45) is 5.41 Å². The number of pyridine rings is 1. The average molecular weight is 852 g/mol. The summed E-state index contributed by atoms with van der Waals surface area (Å²) in [7, 11) is 0. The number of thiophene rings is 1. The maximum Gasteiger partial charge on any atom is 0.0774 e. The molecule has 3 aromatic heterocycles. The van der Waals surface area contributed by atoms with Gasteiger partial charge in [-0.3, -0.25) is 16.3 Å². The van der Waals surface area contributed by atoms with Crippen LogP contribution >= 0.6 is 11.3 Å². The van der Waals surface area contributed by atoms with Crippen molar-refractivity contribution >= 4 is 32.5 Å². The fourth-order valence-corrected chi connectivity index (χ4v) is 6.76. The van der Waals surface area contributed by atoms with E-state index in [1.807, 2.05) is 0 Å². The third-order valence-corrected chi connectivity index (χ3v) is 9.06. The number of aryl methyl sites for hydroxylation is 2. The molecule has 0 N–H and O–H groups in total. The molecule has 8 rings (SSSR count). The summed E-state index contributed by atoms with van der Waals surface area (Å²) in [6.07, 6.45) is 2.34. The van der Waals surface area contributed by atoms with E-state index in [1.54, 1.807) is 23.5 Å². The molecule has 0 aliphatic heterocycles. The Morgan fingerprint density at radius 1 is 0.780 bits per heavy atom. The van der Waals surface area contributed by atoms with Crippen LogP contribution in [0.4, 0.5) is 0 Å². The summed E-state index contributed by atoms with van der Waals surface area (Å²) < 4.78 is 47.2. The molecule has 0 aliphatic rings. The molecule has 8 aromatic rings. The Morgan fingerprint density at radius 2 is 1.52 bits per heavy atom. The van der Waals surface area contributed by atoms with Crippen molar-refractivity contribution in [1.82, 2.24) is 14.5 Å². The van der Waals surface area contributed by atoms with Crippen LogP contribution in [0.5, 0.6) is 0 Å². The molecule has 3 nitrogen and oxygen atoms in total. The topological polar surface area (TPSA) is 30.7 Å². The average Bonchev–Trinajstić information content (AvgIpc) is 3.75. The summed E-state index contributed by atoms with van der Waals surface area (Å²) in [5.41, 5.74) is 9.84. The molecule has 0 saturated carbocycles. The molecular formula is C45H39IrN3S-2. The van der Waals surface area contributed by atoms with Gasteiger partial charge in [0.2, 0.25) is 0 Å². The molecule has 5 heteroatoms. The number of nitrogens with zero attached hydrogens (tertiary/aromatic N) is 3. The molecule has 0 spiro atoms. The minimum atomic E-state index is -2.18. The largest absolute Gasteiger partial charge is 0.333 e. The van der Waals surface area contributed by atoms with Crippen molar-refractivity contribution in [3.8, 4) is 39.5 Å². The SMILES string of the molecule is CC(C)(C)Cc1ccc2s[c-]c(-c3nc4ccccc4n3-c3ccc(-c4ccccc4)cc3)c2c1.[2H]C([2H])([2H])c1c[c-]c(-c2ccc(C([2H])([2H])[2H])cn2)cc1.[Ir]. The molecule has 0 aliphatic carbocycles. The van der Waals surface area contributed by atoms with Gasteiger partial charge in [-0.15, -0.1) is 46.8 Å². The molecule has 0 bridgehead atoms. The van der Waals surface area contributed by atoms with Crippen LogP contribution in [-0.2, 0) is 26.5 Å². The minimum absolute atomic E-state index is 0. The Bertz CT molecular complexity index is 2500. The smallest absolute Gasteiger partial charge is 0.0774 e. The van der Waals surface area contributed by atoms with Crippen molar-refractivity contribution in [3.63, 3.8) is 0 Å². The first kappa shape index (κ1) is 28.1. The van der Waals surface area contributed by atoms with Gasteiger partial charge in [0.25, 0.3) is 0 Å². The minimum Gasteiger partial charge on any atom is -0.333 e. The van der Waals surface area contributed by atoms with E-state index in [0.29, 0.717) is 11.3 Å². The zero-order valence-corrected chi connectivity index (χ0v) is 31.2. The number of para-hydroxylation sites is 2. The normalized spacial score (nSPS) is 13.5. The van der Waals surface area contributed by atoms with Gasteiger partial charge >= 0.3 is 0 Å². The summed E-state index contributed by atoms with van der Waals surface area (Å²) >= 11 is 1.67. The van der Waals surface area contributed by atoms with E-state index in [2.05, 4.69) is 139 Å². The van der Waals surface area contributed by atoms with E-state index < -0.39 is 13.7 Å². The molecule has 5 aromatic carbocycles. The van der Waals surface area contributed by atoms with Gasteiger partial charge in [-0.05, 0) is 65.3 Å². The van der Waals surface area contributed by atoms with Gasteiger partial charge < -0.3 is 9.55 Å². The predicted molar refractivity (Wildman–Crippen MR) is 207 cm³/mol. The van der Waals surface area contributed by atoms with Crippen LogP contribution in [0.2, 0.25) is 0 Å². The third-order valence-electron chi connectivity index (χ3n) is 8.18. The van der Waals surface area contributed by atoms with Gasteiger partial charge in [0.15, 0.2) is 0 Å². The Hall–Kier alpha value is -4.67. The molecule has 1 radical (unpaired) electrons. The Balaban J connectivity index is 0.000000217. The molecule has 251 valence electrons. The monoisotopic (exact) mass is 852 g/mol. The summed E-state index contributed by atoms with van der Waals surface area (Å²) in [6, 6.07) is 44.9. The van der Waals surface area contributed by atoms with Crippen molar-refractivity contribution in [3.05, 3.63) is 162 Å². The Morgan fingerprint density at radius 3 is 2.22 bits per heavy atom. The van der Waals surface area contributed by atoms with Crippen molar-refractivity contribution in [2.75, 3.05) is 0 Å². The standard InChI is InChI=1S/C32H27N2S.C13H12N.Ir/c1-32(2,3)20-22-13-18-30-26(19-22)27(21-35-30)31-33-28-11-7-8-12-29(28)34(31)25-16-14-24(15-17-25)23-9-5-4-6-10-23;1-10-3-6-12(7-4-10)13-8-5-11(2)9-14-13;/h4-19H,20H2,1-3H3;3-6,8-9H,1-2H3;/q2*-1;/i;1D3,2D3;. The Kier molecular flexibility index (Phi) is 8.46. The van der Waals surface area contributed by atoms with Gasteiger partial charge in [0.1, 0.15) is 0 Å². The molecule has 0 amide bonds. The maximum atomic E-state index is 7.28. The zero-order chi connectivity index (χ0) is 39.0. The van der Waals surface area contributed by atoms with Crippen LogP contribution in [0.3, 0.4) is 0 Å². The van der Waals surface area contributed by atoms with Gasteiger partial charge in [0, 0.05) is 40.2 Å². The number of hydrogen-bond acceptors (Lipinski definition) is 3. The van der Waals surface area contributed by atoms with Crippen LogP contribution in [-0.4, -0.2) is 14.5 Å². The molecule has 0 fully saturated rings. The summed E-state index contributed by atoms with van der Waals surface area (Å²) in [4.78, 5) is 9.18. The van der Waals surface area contributed by atoms with Gasteiger partial charge in [-0.2, -0.15) is 0 Å². The van der Waals surface area contributed by atoms with Crippen LogP contribution in [0.1, 0.15) is 45.7 Å². The maximum absolute atomic E-state index is 7.28. The molecule has 50 heavy (non-hydrogen) atoms. The number of aromatic nitrogens is 3. The van der Waals surface area contributed by atoms with E-state index in [9.17, 15) is 0 Å². The van der Waals surface area contributed by atoms with Gasteiger partial charge in [-0.1, -0.05) is 128 Å². The van der Waals surface area contributed by atoms with E-state index in [4.69, 9.17) is 13.2 Å². The first-order valence-electron chi connectivity index (χ1n) is 19.2. The molecule has 3 heterocycles. The van der Waals surface area contributed by atoms with Crippen LogP contribution < -0.4 is 0 Å². The summed E-state index contributed by atoms with van der Waals surface area (Å²) in [5.74, 6) is 0.942. The van der Waals surface area contributed by atoms with Crippen molar-refractivity contribution in [2.45, 2.75) is 40.9 Å². The van der Waals surface area contributed by atoms with E-state index in [1.165, 1.54) is 51.2 Å². The fourth-order valence-electron chi connectivity index (χ4n) is 5.94. The third kappa shape index (κ3) is 7.87. The predicted octanol–water partition coefficient (Wildman–Crippen LogP) is 12.1. The number of rotatable bonds is 5.